The predicted molar refractivity (Wildman–Crippen MR) is 69.9 cm³/mol. The Morgan fingerprint density at radius 1 is 1.29 bits per heavy atom. The molecule has 0 aliphatic carbocycles. The number of hydrogen-bond donors (Lipinski definition) is 1. The molecule has 2 N–H and O–H groups in total. The SMILES string of the molecule is NC(=S)c1nccnc1Oc1cncc(Br)c1. The number of nitrogens with two attached hydrogens (primary N) is 1. The Labute approximate surface area is 111 Å². The van der Waals surface area contributed by atoms with E-state index < -0.39 is 0 Å². The highest BCUT2D eigenvalue weighted by Gasteiger charge is 2.10. The van der Waals surface area contributed by atoms with Crippen LogP contribution in [-0.2, 0) is 0 Å². The topological polar surface area (TPSA) is 73.9 Å². The monoisotopic (exact) mass is 310 g/mol. The summed E-state index contributed by atoms with van der Waals surface area (Å²) in [4.78, 5) is 12.1. The van der Waals surface area contributed by atoms with Crippen molar-refractivity contribution in [2.75, 3.05) is 0 Å². The minimum atomic E-state index is 0.135. The molecule has 17 heavy (non-hydrogen) atoms. The molecule has 0 aliphatic rings. The van der Waals surface area contributed by atoms with Crippen molar-refractivity contribution in [2.24, 2.45) is 5.73 Å². The Morgan fingerprint density at radius 2 is 2.06 bits per heavy atom. The van der Waals surface area contributed by atoms with Gasteiger partial charge in [0.15, 0.2) is 5.69 Å². The van der Waals surface area contributed by atoms with Crippen LogP contribution in [-0.4, -0.2) is 19.9 Å². The van der Waals surface area contributed by atoms with Gasteiger partial charge in [0.25, 0.3) is 0 Å². The van der Waals surface area contributed by atoms with Crippen LogP contribution in [0.15, 0.2) is 35.3 Å². The van der Waals surface area contributed by atoms with Gasteiger partial charge in [0.1, 0.15) is 10.7 Å². The second kappa shape index (κ2) is 5.15. The molecule has 0 saturated heterocycles. The highest BCUT2D eigenvalue weighted by molar-refractivity contribution is 9.10. The van der Waals surface area contributed by atoms with Crippen molar-refractivity contribution < 1.29 is 4.74 Å². The second-order valence-electron chi connectivity index (χ2n) is 3.02. The van der Waals surface area contributed by atoms with Gasteiger partial charge in [-0.1, -0.05) is 12.2 Å². The number of nitrogens with zero attached hydrogens (tertiary/aromatic N) is 3. The molecule has 0 spiro atoms. The molecule has 0 atom stereocenters. The van der Waals surface area contributed by atoms with Crippen molar-refractivity contribution >= 4 is 33.1 Å². The summed E-state index contributed by atoms with van der Waals surface area (Å²) in [5.74, 6) is 0.789. The molecule has 2 heterocycles. The van der Waals surface area contributed by atoms with Gasteiger partial charge in [0.2, 0.25) is 5.88 Å². The number of thiocarbonyl (C=S) groups is 1. The molecule has 0 radical (unpaired) electrons. The maximum absolute atomic E-state index is 5.52. The van der Waals surface area contributed by atoms with Crippen LogP contribution in [0.5, 0.6) is 11.6 Å². The van der Waals surface area contributed by atoms with Crippen LogP contribution < -0.4 is 10.5 Å². The Bertz CT molecular complexity index is 564. The maximum atomic E-state index is 5.52. The molecule has 2 aromatic rings. The van der Waals surface area contributed by atoms with Crippen LogP contribution in [0.1, 0.15) is 5.69 Å². The summed E-state index contributed by atoms with van der Waals surface area (Å²) in [6.45, 7) is 0. The van der Waals surface area contributed by atoms with Gasteiger partial charge in [-0.05, 0) is 22.0 Å². The fourth-order valence-corrected chi connectivity index (χ4v) is 1.61. The summed E-state index contributed by atoms with van der Waals surface area (Å²) >= 11 is 8.16. The van der Waals surface area contributed by atoms with Gasteiger partial charge in [0.05, 0.1) is 6.20 Å². The number of hydrogen-bond acceptors (Lipinski definition) is 5. The van der Waals surface area contributed by atoms with Crippen molar-refractivity contribution in [3.05, 3.63) is 41.0 Å². The molecule has 0 unspecified atom stereocenters. The molecule has 86 valence electrons. The number of pyridine rings is 1. The first-order valence-electron chi connectivity index (χ1n) is 4.56. The third kappa shape index (κ3) is 2.95. The van der Waals surface area contributed by atoms with Crippen molar-refractivity contribution in [1.29, 1.82) is 0 Å². The zero-order valence-corrected chi connectivity index (χ0v) is 10.9. The van der Waals surface area contributed by atoms with Gasteiger partial charge >= 0.3 is 0 Å². The van der Waals surface area contributed by atoms with Gasteiger partial charge in [-0.25, -0.2) is 9.97 Å². The molecule has 0 aliphatic heterocycles. The Morgan fingerprint density at radius 3 is 2.76 bits per heavy atom. The highest BCUT2D eigenvalue weighted by Crippen LogP contribution is 2.23. The highest BCUT2D eigenvalue weighted by atomic mass is 79.9. The molecule has 0 fully saturated rings. The van der Waals surface area contributed by atoms with Gasteiger partial charge in [0, 0.05) is 23.1 Å². The first kappa shape index (κ1) is 11.9. The van der Waals surface area contributed by atoms with E-state index in [0.29, 0.717) is 11.4 Å². The van der Waals surface area contributed by atoms with Crippen LogP contribution >= 0.6 is 28.1 Å². The standard InChI is InChI=1S/C10H7BrN4OS/c11-6-3-7(5-13-4-6)16-10-8(9(12)17)14-1-2-15-10/h1-5H,(H2,12,17). The summed E-state index contributed by atoms with van der Waals surface area (Å²) < 4.78 is 6.32. The van der Waals surface area contributed by atoms with Gasteiger partial charge in [-0.15, -0.1) is 0 Å². The fraction of sp³-hybridized carbons (Fsp3) is 0. The van der Waals surface area contributed by atoms with E-state index in [-0.39, 0.29) is 10.9 Å². The van der Waals surface area contributed by atoms with E-state index in [1.165, 1.54) is 12.4 Å². The lowest BCUT2D eigenvalue weighted by molar-refractivity contribution is 0.456. The lowest BCUT2D eigenvalue weighted by Gasteiger charge is -2.07. The second-order valence-corrected chi connectivity index (χ2v) is 4.37. The van der Waals surface area contributed by atoms with E-state index >= 15 is 0 Å². The van der Waals surface area contributed by atoms with Crippen molar-refractivity contribution in [3.8, 4) is 11.6 Å². The zero-order chi connectivity index (χ0) is 12.3. The average molecular weight is 311 g/mol. The predicted octanol–water partition coefficient (Wildman–Crippen LogP) is 2.06. The maximum Gasteiger partial charge on any atom is 0.248 e. The summed E-state index contributed by atoms with van der Waals surface area (Å²) in [5.41, 5.74) is 5.87. The first-order chi connectivity index (χ1) is 8.16. The molecule has 5 nitrogen and oxygen atoms in total. The van der Waals surface area contributed by atoms with Gasteiger partial charge < -0.3 is 10.5 Å². The smallest absolute Gasteiger partial charge is 0.248 e. The molecule has 0 amide bonds. The number of halogens is 1. The number of aromatic nitrogens is 3. The average Bonchev–Trinajstić information content (AvgIpc) is 2.29. The van der Waals surface area contributed by atoms with Crippen LogP contribution in [0.3, 0.4) is 0 Å². The zero-order valence-electron chi connectivity index (χ0n) is 8.50. The third-order valence-corrected chi connectivity index (χ3v) is 2.42. The fourth-order valence-electron chi connectivity index (χ4n) is 1.13. The minimum absolute atomic E-state index is 0.135. The lowest BCUT2D eigenvalue weighted by Crippen LogP contribution is -2.13. The summed E-state index contributed by atoms with van der Waals surface area (Å²) in [6, 6.07) is 1.75. The summed E-state index contributed by atoms with van der Waals surface area (Å²) in [6.07, 6.45) is 6.21. The minimum Gasteiger partial charge on any atom is -0.435 e. The van der Waals surface area contributed by atoms with E-state index in [1.54, 1.807) is 18.5 Å². The molecule has 0 saturated carbocycles. The molecular formula is C10H7BrN4OS. The van der Waals surface area contributed by atoms with E-state index in [9.17, 15) is 0 Å². The van der Waals surface area contributed by atoms with E-state index in [1.807, 2.05) is 0 Å². The van der Waals surface area contributed by atoms with Crippen molar-refractivity contribution in [2.45, 2.75) is 0 Å². The normalized spacial score (nSPS) is 9.94. The van der Waals surface area contributed by atoms with Gasteiger partial charge in [-0.2, -0.15) is 0 Å². The molecule has 2 rings (SSSR count). The van der Waals surface area contributed by atoms with Crippen LogP contribution in [0.4, 0.5) is 0 Å². The van der Waals surface area contributed by atoms with E-state index in [0.717, 1.165) is 4.47 Å². The van der Waals surface area contributed by atoms with Crippen molar-refractivity contribution in [3.63, 3.8) is 0 Å². The molecular weight excluding hydrogens is 304 g/mol. The molecule has 0 bridgehead atoms. The quantitative estimate of drug-likeness (QED) is 0.875. The van der Waals surface area contributed by atoms with Crippen LogP contribution in [0.2, 0.25) is 0 Å². The molecule has 7 heteroatoms. The first-order valence-corrected chi connectivity index (χ1v) is 5.76. The Balaban J connectivity index is 2.33. The van der Waals surface area contributed by atoms with Crippen molar-refractivity contribution in [1.82, 2.24) is 15.0 Å². The van der Waals surface area contributed by atoms with Crippen LogP contribution in [0.25, 0.3) is 0 Å². The Hall–Kier alpha value is -1.60. The number of rotatable bonds is 3. The summed E-state index contributed by atoms with van der Waals surface area (Å²) in [5, 5.41) is 0. The van der Waals surface area contributed by atoms with E-state index in [4.69, 9.17) is 22.7 Å². The van der Waals surface area contributed by atoms with Crippen LogP contribution in [0, 0.1) is 0 Å². The third-order valence-electron chi connectivity index (χ3n) is 1.79. The van der Waals surface area contributed by atoms with E-state index in [2.05, 4.69) is 30.9 Å². The lowest BCUT2D eigenvalue weighted by atomic mass is 10.4. The molecule has 2 aromatic heterocycles. The molecule has 0 aromatic carbocycles. The summed E-state index contributed by atoms with van der Waals surface area (Å²) in [7, 11) is 0. The Kier molecular flexibility index (Phi) is 3.60. The largest absolute Gasteiger partial charge is 0.435 e. The number of ether oxygens (including phenoxy) is 1. The van der Waals surface area contributed by atoms with Gasteiger partial charge in [-0.3, -0.25) is 4.98 Å².